The highest BCUT2D eigenvalue weighted by molar-refractivity contribution is 7.15. The molecule has 0 saturated heterocycles. The van der Waals surface area contributed by atoms with Crippen LogP contribution in [-0.2, 0) is 0 Å². The summed E-state index contributed by atoms with van der Waals surface area (Å²) in [7, 11) is 4.11. The van der Waals surface area contributed by atoms with Gasteiger partial charge < -0.3 is 10.2 Å². The Morgan fingerprint density at radius 1 is 1.50 bits per heavy atom. The van der Waals surface area contributed by atoms with Crippen molar-refractivity contribution in [2.24, 2.45) is 0 Å². The zero-order valence-corrected chi connectivity index (χ0v) is 11.6. The first-order valence-corrected chi connectivity index (χ1v) is 6.84. The van der Waals surface area contributed by atoms with Crippen LogP contribution in [0.25, 0.3) is 0 Å². The van der Waals surface area contributed by atoms with Gasteiger partial charge in [0.15, 0.2) is 5.13 Å². The Labute approximate surface area is 103 Å². The summed E-state index contributed by atoms with van der Waals surface area (Å²) in [5.74, 6) is 0. The van der Waals surface area contributed by atoms with Crippen LogP contribution >= 0.6 is 11.3 Å². The maximum atomic E-state index is 4.47. The molecule has 1 aromatic heterocycles. The van der Waals surface area contributed by atoms with E-state index in [1.165, 1.54) is 24.1 Å². The molecule has 1 heterocycles. The highest BCUT2D eigenvalue weighted by atomic mass is 32.1. The SMILES string of the molecule is CCCCCN(C)c1ncc(C(C)NC)s1. The van der Waals surface area contributed by atoms with E-state index in [-0.39, 0.29) is 0 Å². The fourth-order valence-electron chi connectivity index (χ4n) is 1.49. The molecule has 0 aliphatic heterocycles. The fraction of sp³-hybridized carbons (Fsp3) is 0.750. The number of hydrogen-bond acceptors (Lipinski definition) is 4. The van der Waals surface area contributed by atoms with Crippen LogP contribution in [0.15, 0.2) is 6.20 Å². The lowest BCUT2D eigenvalue weighted by Gasteiger charge is -2.15. The summed E-state index contributed by atoms with van der Waals surface area (Å²) in [5, 5.41) is 4.37. The van der Waals surface area contributed by atoms with Crippen molar-refractivity contribution in [3.8, 4) is 0 Å². The standard InChI is InChI=1S/C12H23N3S/c1-5-6-7-8-15(4)12-14-9-11(16-12)10(2)13-3/h9-10,13H,5-8H2,1-4H3. The summed E-state index contributed by atoms with van der Waals surface area (Å²) >= 11 is 1.78. The van der Waals surface area contributed by atoms with Gasteiger partial charge in [-0.3, -0.25) is 0 Å². The third-order valence-electron chi connectivity index (χ3n) is 2.79. The molecule has 0 radical (unpaired) electrons. The molecule has 1 aromatic rings. The second kappa shape index (κ2) is 6.86. The average molecular weight is 241 g/mol. The van der Waals surface area contributed by atoms with Crippen LogP contribution in [0.2, 0.25) is 0 Å². The molecule has 0 amide bonds. The molecule has 0 bridgehead atoms. The summed E-state index contributed by atoms with van der Waals surface area (Å²) in [6.07, 6.45) is 5.81. The van der Waals surface area contributed by atoms with Gasteiger partial charge in [-0.15, -0.1) is 11.3 Å². The number of nitrogens with one attached hydrogen (secondary N) is 1. The summed E-state index contributed by atoms with van der Waals surface area (Å²) in [4.78, 5) is 8.03. The van der Waals surface area contributed by atoms with Crippen LogP contribution in [0.3, 0.4) is 0 Å². The molecule has 0 aromatic carbocycles. The summed E-state index contributed by atoms with van der Waals surface area (Å²) in [5.41, 5.74) is 0. The lowest BCUT2D eigenvalue weighted by molar-refractivity contribution is 0.662. The van der Waals surface area contributed by atoms with Crippen molar-refractivity contribution < 1.29 is 0 Å². The van der Waals surface area contributed by atoms with E-state index in [1.54, 1.807) is 11.3 Å². The van der Waals surface area contributed by atoms with Crippen LogP contribution in [-0.4, -0.2) is 25.6 Å². The number of aromatic nitrogens is 1. The lowest BCUT2D eigenvalue weighted by atomic mass is 10.2. The van der Waals surface area contributed by atoms with Crippen LogP contribution < -0.4 is 10.2 Å². The van der Waals surface area contributed by atoms with Gasteiger partial charge in [-0.25, -0.2) is 4.98 Å². The lowest BCUT2D eigenvalue weighted by Crippen LogP contribution is -2.17. The third kappa shape index (κ3) is 3.76. The molecule has 4 heteroatoms. The fourth-order valence-corrected chi connectivity index (χ4v) is 2.45. The van der Waals surface area contributed by atoms with Gasteiger partial charge in [0.25, 0.3) is 0 Å². The molecule has 0 spiro atoms. The van der Waals surface area contributed by atoms with Crippen molar-refractivity contribution in [1.82, 2.24) is 10.3 Å². The molecule has 92 valence electrons. The predicted molar refractivity (Wildman–Crippen MR) is 72.4 cm³/mol. The van der Waals surface area contributed by atoms with Crippen molar-refractivity contribution in [1.29, 1.82) is 0 Å². The minimum atomic E-state index is 0.398. The smallest absolute Gasteiger partial charge is 0.185 e. The molecule has 1 rings (SSSR count). The van der Waals surface area contributed by atoms with E-state index in [0.717, 1.165) is 11.7 Å². The van der Waals surface area contributed by atoms with Gasteiger partial charge in [-0.05, 0) is 20.4 Å². The number of anilines is 1. The number of unbranched alkanes of at least 4 members (excludes halogenated alkanes) is 2. The number of rotatable bonds is 7. The van der Waals surface area contributed by atoms with Gasteiger partial charge >= 0.3 is 0 Å². The van der Waals surface area contributed by atoms with Gasteiger partial charge in [0.1, 0.15) is 0 Å². The molecule has 0 aliphatic carbocycles. The van der Waals surface area contributed by atoms with Crippen molar-refractivity contribution >= 4 is 16.5 Å². The molecule has 1 unspecified atom stereocenters. The number of thiazole rings is 1. The van der Waals surface area contributed by atoms with Gasteiger partial charge in [0.2, 0.25) is 0 Å². The van der Waals surface area contributed by atoms with E-state index in [4.69, 9.17) is 0 Å². The first-order valence-electron chi connectivity index (χ1n) is 6.03. The largest absolute Gasteiger partial charge is 0.351 e. The maximum absolute atomic E-state index is 4.47. The molecular weight excluding hydrogens is 218 g/mol. The highest BCUT2D eigenvalue weighted by Gasteiger charge is 2.10. The van der Waals surface area contributed by atoms with E-state index < -0.39 is 0 Å². The first kappa shape index (κ1) is 13.5. The zero-order chi connectivity index (χ0) is 12.0. The van der Waals surface area contributed by atoms with E-state index >= 15 is 0 Å². The van der Waals surface area contributed by atoms with Crippen molar-refractivity contribution in [3.05, 3.63) is 11.1 Å². The van der Waals surface area contributed by atoms with Crippen molar-refractivity contribution in [3.63, 3.8) is 0 Å². The molecule has 16 heavy (non-hydrogen) atoms. The summed E-state index contributed by atoms with van der Waals surface area (Å²) in [6, 6.07) is 0.398. The van der Waals surface area contributed by atoms with Crippen LogP contribution in [0, 0.1) is 0 Å². The van der Waals surface area contributed by atoms with Crippen LogP contribution in [0.1, 0.15) is 44.0 Å². The van der Waals surface area contributed by atoms with Gasteiger partial charge in [-0.1, -0.05) is 19.8 Å². The second-order valence-electron chi connectivity index (χ2n) is 4.18. The van der Waals surface area contributed by atoms with Crippen molar-refractivity contribution in [2.75, 3.05) is 25.5 Å². The van der Waals surface area contributed by atoms with E-state index in [1.807, 2.05) is 13.2 Å². The minimum Gasteiger partial charge on any atom is -0.351 e. The Kier molecular flexibility index (Phi) is 5.77. The Balaban J connectivity index is 2.49. The topological polar surface area (TPSA) is 28.2 Å². The molecule has 0 aliphatic rings. The van der Waals surface area contributed by atoms with Crippen LogP contribution in [0.5, 0.6) is 0 Å². The number of hydrogen-bond donors (Lipinski definition) is 1. The van der Waals surface area contributed by atoms with E-state index in [0.29, 0.717) is 6.04 Å². The maximum Gasteiger partial charge on any atom is 0.185 e. The zero-order valence-electron chi connectivity index (χ0n) is 10.8. The molecule has 1 atom stereocenters. The van der Waals surface area contributed by atoms with Crippen molar-refractivity contribution in [2.45, 2.75) is 39.2 Å². The minimum absolute atomic E-state index is 0.398. The molecular formula is C12H23N3S. The van der Waals surface area contributed by atoms with Gasteiger partial charge in [0.05, 0.1) is 0 Å². The van der Waals surface area contributed by atoms with Gasteiger partial charge in [-0.2, -0.15) is 0 Å². The van der Waals surface area contributed by atoms with E-state index in [2.05, 4.69) is 36.1 Å². The predicted octanol–water partition coefficient (Wildman–Crippen LogP) is 3.05. The highest BCUT2D eigenvalue weighted by Crippen LogP contribution is 2.26. The quantitative estimate of drug-likeness (QED) is 0.744. The molecule has 0 fully saturated rings. The third-order valence-corrected chi connectivity index (χ3v) is 4.09. The Hall–Kier alpha value is -0.610. The first-order chi connectivity index (χ1) is 7.69. The normalized spacial score (nSPS) is 12.8. The Morgan fingerprint density at radius 3 is 2.88 bits per heavy atom. The molecule has 3 nitrogen and oxygen atoms in total. The van der Waals surface area contributed by atoms with Gasteiger partial charge in [0, 0.05) is 30.7 Å². The van der Waals surface area contributed by atoms with Crippen LogP contribution in [0.4, 0.5) is 5.13 Å². The van der Waals surface area contributed by atoms with E-state index in [9.17, 15) is 0 Å². The summed E-state index contributed by atoms with van der Waals surface area (Å²) in [6.45, 7) is 5.50. The monoisotopic (exact) mass is 241 g/mol. The molecule has 0 saturated carbocycles. The molecule has 1 N–H and O–H groups in total. The second-order valence-corrected chi connectivity index (χ2v) is 5.22. The Morgan fingerprint density at radius 2 is 2.25 bits per heavy atom. The summed E-state index contributed by atoms with van der Waals surface area (Å²) < 4.78 is 0. The number of nitrogens with zero attached hydrogens (tertiary/aromatic N) is 2. The average Bonchev–Trinajstić information content (AvgIpc) is 2.77. The Bertz CT molecular complexity index is 298.